The summed E-state index contributed by atoms with van der Waals surface area (Å²) >= 11 is 1.59. The van der Waals surface area contributed by atoms with Gasteiger partial charge in [0.25, 0.3) is 0 Å². The summed E-state index contributed by atoms with van der Waals surface area (Å²) in [5.74, 6) is 0.0925. The van der Waals surface area contributed by atoms with Gasteiger partial charge in [0.1, 0.15) is 5.50 Å². The molecule has 15 heavy (non-hydrogen) atoms. The normalized spacial score (nSPS) is 26.1. The number of nitrogens with one attached hydrogen (secondary N) is 2. The second-order valence-electron chi connectivity index (χ2n) is 3.39. The van der Waals surface area contributed by atoms with Gasteiger partial charge in [-0.25, -0.2) is 0 Å². The molecular weight excluding hydrogens is 210 g/mol. The van der Waals surface area contributed by atoms with E-state index in [1.807, 2.05) is 18.4 Å². The van der Waals surface area contributed by atoms with Crippen molar-refractivity contribution in [2.45, 2.75) is 18.0 Å². The third kappa shape index (κ3) is 2.49. The molecule has 1 aromatic rings. The number of rotatable bonds is 2. The van der Waals surface area contributed by atoms with Gasteiger partial charge in [-0.3, -0.25) is 15.1 Å². The molecular formula is C10H13N3OS. The van der Waals surface area contributed by atoms with Crippen molar-refractivity contribution in [1.82, 2.24) is 15.6 Å². The summed E-state index contributed by atoms with van der Waals surface area (Å²) in [5, 5.41) is 6.22. The second-order valence-corrected chi connectivity index (χ2v) is 4.33. The van der Waals surface area contributed by atoms with E-state index in [0.29, 0.717) is 6.42 Å². The first-order chi connectivity index (χ1) is 7.29. The van der Waals surface area contributed by atoms with Crippen LogP contribution in [0.1, 0.15) is 18.0 Å². The van der Waals surface area contributed by atoms with Crippen LogP contribution in [0.5, 0.6) is 0 Å². The van der Waals surface area contributed by atoms with E-state index in [0.717, 1.165) is 5.56 Å². The Morgan fingerprint density at radius 1 is 1.47 bits per heavy atom. The Bertz CT molecular complexity index is 344. The number of amides is 1. The Labute approximate surface area is 92.9 Å². The molecule has 0 radical (unpaired) electrons. The van der Waals surface area contributed by atoms with E-state index in [1.165, 1.54) is 0 Å². The van der Waals surface area contributed by atoms with Gasteiger partial charge in [0.15, 0.2) is 0 Å². The molecule has 1 amide bonds. The fourth-order valence-electron chi connectivity index (χ4n) is 1.61. The van der Waals surface area contributed by atoms with E-state index >= 15 is 0 Å². The molecule has 2 rings (SSSR count). The minimum absolute atomic E-state index is 0.00409. The first kappa shape index (κ1) is 10.4. The average Bonchev–Trinajstić information content (AvgIpc) is 2.29. The van der Waals surface area contributed by atoms with Crippen molar-refractivity contribution in [3.05, 3.63) is 30.1 Å². The van der Waals surface area contributed by atoms with E-state index in [2.05, 4.69) is 15.6 Å². The maximum atomic E-state index is 11.4. The highest BCUT2D eigenvalue weighted by Crippen LogP contribution is 2.21. The van der Waals surface area contributed by atoms with Crippen LogP contribution in [0, 0.1) is 0 Å². The van der Waals surface area contributed by atoms with Crippen LogP contribution in [0.3, 0.4) is 0 Å². The number of aromatic nitrogens is 1. The number of pyridine rings is 1. The molecule has 0 aliphatic carbocycles. The summed E-state index contributed by atoms with van der Waals surface area (Å²) in [5.41, 5.74) is 1.11. The number of thioether (sulfide) groups is 1. The van der Waals surface area contributed by atoms with Crippen molar-refractivity contribution in [3.63, 3.8) is 0 Å². The minimum atomic E-state index is 0.00409. The van der Waals surface area contributed by atoms with Gasteiger partial charge in [0, 0.05) is 24.9 Å². The van der Waals surface area contributed by atoms with Gasteiger partial charge in [0.2, 0.25) is 5.91 Å². The lowest BCUT2D eigenvalue weighted by molar-refractivity contribution is -0.123. The minimum Gasteiger partial charge on any atom is -0.332 e. The molecule has 2 atom stereocenters. The number of carbonyl (C=O) groups excluding carboxylic acids is 1. The third-order valence-corrected chi connectivity index (χ3v) is 3.10. The first-order valence-electron chi connectivity index (χ1n) is 4.77. The summed E-state index contributed by atoms with van der Waals surface area (Å²) in [6.07, 6.45) is 5.95. The monoisotopic (exact) mass is 223 g/mol. The van der Waals surface area contributed by atoms with Gasteiger partial charge in [-0.15, -0.1) is 11.8 Å². The molecule has 1 fully saturated rings. The van der Waals surface area contributed by atoms with Crippen LogP contribution in [0.15, 0.2) is 24.5 Å². The lowest BCUT2D eigenvalue weighted by Crippen LogP contribution is -2.50. The molecule has 1 aromatic heterocycles. The third-order valence-electron chi connectivity index (χ3n) is 2.38. The largest absolute Gasteiger partial charge is 0.332 e. The molecule has 80 valence electrons. The maximum Gasteiger partial charge on any atom is 0.223 e. The molecule has 2 heterocycles. The summed E-state index contributed by atoms with van der Waals surface area (Å²) in [7, 11) is 0. The Morgan fingerprint density at radius 3 is 2.87 bits per heavy atom. The number of hydrogen-bond acceptors (Lipinski definition) is 4. The molecule has 0 bridgehead atoms. The zero-order valence-electron chi connectivity index (χ0n) is 8.43. The van der Waals surface area contributed by atoms with Gasteiger partial charge < -0.3 is 5.32 Å². The summed E-state index contributed by atoms with van der Waals surface area (Å²) in [6, 6.07) is 3.97. The Balaban J connectivity index is 2.12. The highest BCUT2D eigenvalue weighted by atomic mass is 32.2. The molecule has 2 unspecified atom stereocenters. The zero-order chi connectivity index (χ0) is 10.7. The van der Waals surface area contributed by atoms with E-state index < -0.39 is 0 Å². The van der Waals surface area contributed by atoms with E-state index in [4.69, 9.17) is 0 Å². The predicted molar refractivity (Wildman–Crippen MR) is 60.2 cm³/mol. The van der Waals surface area contributed by atoms with Gasteiger partial charge in [-0.05, 0) is 24.0 Å². The van der Waals surface area contributed by atoms with Crippen LogP contribution < -0.4 is 10.6 Å². The van der Waals surface area contributed by atoms with Crippen molar-refractivity contribution < 1.29 is 4.79 Å². The molecule has 0 spiro atoms. The average molecular weight is 223 g/mol. The van der Waals surface area contributed by atoms with Gasteiger partial charge in [-0.1, -0.05) is 0 Å². The molecule has 5 heteroatoms. The molecule has 0 saturated carbocycles. The van der Waals surface area contributed by atoms with Gasteiger partial charge >= 0.3 is 0 Å². The molecule has 1 saturated heterocycles. The summed E-state index contributed by atoms with van der Waals surface area (Å²) in [6.45, 7) is 0. The fourth-order valence-corrected chi connectivity index (χ4v) is 2.16. The van der Waals surface area contributed by atoms with Crippen LogP contribution in [-0.2, 0) is 4.79 Å². The summed E-state index contributed by atoms with van der Waals surface area (Å²) < 4.78 is 0. The predicted octanol–water partition coefficient (Wildman–Crippen LogP) is 0.879. The number of nitrogens with zero attached hydrogens (tertiary/aromatic N) is 1. The van der Waals surface area contributed by atoms with Crippen molar-refractivity contribution in [3.8, 4) is 0 Å². The SMILES string of the molecule is CSC1NC(=O)CC(c2ccncc2)N1. The highest BCUT2D eigenvalue weighted by Gasteiger charge is 2.25. The Kier molecular flexibility index (Phi) is 3.23. The topological polar surface area (TPSA) is 54.0 Å². The Morgan fingerprint density at radius 2 is 2.20 bits per heavy atom. The van der Waals surface area contributed by atoms with Crippen molar-refractivity contribution in [1.29, 1.82) is 0 Å². The van der Waals surface area contributed by atoms with Gasteiger partial charge in [0.05, 0.1) is 0 Å². The first-order valence-corrected chi connectivity index (χ1v) is 6.06. The van der Waals surface area contributed by atoms with Crippen LogP contribution in [0.4, 0.5) is 0 Å². The van der Waals surface area contributed by atoms with Crippen LogP contribution in [0.2, 0.25) is 0 Å². The molecule has 4 nitrogen and oxygen atoms in total. The van der Waals surface area contributed by atoms with Crippen LogP contribution in [0.25, 0.3) is 0 Å². The second kappa shape index (κ2) is 4.63. The zero-order valence-corrected chi connectivity index (χ0v) is 9.25. The quantitative estimate of drug-likeness (QED) is 0.781. The smallest absolute Gasteiger partial charge is 0.223 e. The summed E-state index contributed by atoms with van der Waals surface area (Å²) in [4.78, 5) is 15.4. The number of carbonyl (C=O) groups is 1. The van der Waals surface area contributed by atoms with E-state index in [1.54, 1.807) is 24.2 Å². The van der Waals surface area contributed by atoms with Crippen molar-refractivity contribution in [2.24, 2.45) is 0 Å². The standard InChI is InChI=1S/C10H13N3OS/c1-15-10-12-8(6-9(14)13-10)7-2-4-11-5-3-7/h2-5,8,10,12H,6H2,1H3,(H,13,14). The molecule has 2 N–H and O–H groups in total. The molecule has 0 aromatic carbocycles. The van der Waals surface area contributed by atoms with E-state index in [-0.39, 0.29) is 17.4 Å². The van der Waals surface area contributed by atoms with Crippen molar-refractivity contribution in [2.75, 3.05) is 6.26 Å². The lowest BCUT2D eigenvalue weighted by Gasteiger charge is -2.30. The molecule has 1 aliphatic heterocycles. The lowest BCUT2D eigenvalue weighted by atomic mass is 10.0. The highest BCUT2D eigenvalue weighted by molar-refractivity contribution is 7.99. The fraction of sp³-hybridized carbons (Fsp3) is 0.400. The number of hydrogen-bond donors (Lipinski definition) is 2. The Hall–Kier alpha value is -1.07. The van der Waals surface area contributed by atoms with Crippen LogP contribution in [-0.4, -0.2) is 22.6 Å². The molecule has 1 aliphatic rings. The maximum absolute atomic E-state index is 11.4. The van der Waals surface area contributed by atoms with Crippen molar-refractivity contribution >= 4 is 17.7 Å². The van der Waals surface area contributed by atoms with Gasteiger partial charge in [-0.2, -0.15) is 0 Å². The van der Waals surface area contributed by atoms with Crippen LogP contribution >= 0.6 is 11.8 Å². The van der Waals surface area contributed by atoms with E-state index in [9.17, 15) is 4.79 Å².